The van der Waals surface area contributed by atoms with Gasteiger partial charge in [-0.05, 0) is 61.6 Å². The van der Waals surface area contributed by atoms with Gasteiger partial charge in [0.1, 0.15) is 5.82 Å². The summed E-state index contributed by atoms with van der Waals surface area (Å²) in [7, 11) is -3.60. The maximum absolute atomic E-state index is 13.4. The smallest absolute Gasteiger partial charge is 0.257 e. The highest BCUT2D eigenvalue weighted by Crippen LogP contribution is 2.35. The number of nitrogens with zero attached hydrogens (tertiary/aromatic N) is 2. The molecule has 0 aromatic heterocycles. The Morgan fingerprint density at radius 3 is 2.33 bits per heavy atom. The zero-order valence-corrected chi connectivity index (χ0v) is 21.8. The van der Waals surface area contributed by atoms with Crippen LogP contribution in [0.2, 0.25) is 5.02 Å². The highest BCUT2D eigenvalue weighted by molar-refractivity contribution is 7.89. The Morgan fingerprint density at radius 1 is 1.00 bits per heavy atom. The molecule has 36 heavy (non-hydrogen) atoms. The number of aryl methyl sites for hydroxylation is 1. The van der Waals surface area contributed by atoms with Gasteiger partial charge in [0.15, 0.2) is 5.11 Å². The molecule has 0 bridgehead atoms. The van der Waals surface area contributed by atoms with E-state index in [1.807, 2.05) is 11.8 Å². The van der Waals surface area contributed by atoms with Gasteiger partial charge in [-0.3, -0.25) is 10.1 Å². The van der Waals surface area contributed by atoms with Gasteiger partial charge in [0.2, 0.25) is 10.0 Å². The molecule has 0 unspecified atom stereocenters. The molecule has 3 aromatic rings. The number of piperazine rings is 1. The number of carbonyl (C=O) groups excluding carboxylic acids is 1. The van der Waals surface area contributed by atoms with Crippen LogP contribution >= 0.6 is 23.8 Å². The maximum Gasteiger partial charge on any atom is 0.257 e. The van der Waals surface area contributed by atoms with Crippen LogP contribution in [0.25, 0.3) is 0 Å². The van der Waals surface area contributed by atoms with Crippen LogP contribution in [0.1, 0.15) is 15.9 Å². The fourth-order valence-corrected chi connectivity index (χ4v) is 5.83. The van der Waals surface area contributed by atoms with Crippen molar-refractivity contribution in [1.82, 2.24) is 9.62 Å². The SMILES string of the molecule is Cc1ccc(S(=O)(=O)N2CCN(c3c(Cl)cccc3NC(=S)NC(=O)c3cccc(F)c3)CC2)cc1. The second-order valence-electron chi connectivity index (χ2n) is 8.26. The molecule has 11 heteroatoms. The highest BCUT2D eigenvalue weighted by atomic mass is 35.5. The number of halogens is 2. The van der Waals surface area contributed by atoms with Gasteiger partial charge in [-0.15, -0.1) is 0 Å². The van der Waals surface area contributed by atoms with Crippen LogP contribution in [-0.4, -0.2) is 49.9 Å². The van der Waals surface area contributed by atoms with E-state index < -0.39 is 21.7 Å². The van der Waals surface area contributed by atoms with Crippen molar-refractivity contribution in [3.63, 3.8) is 0 Å². The molecule has 0 aliphatic carbocycles. The lowest BCUT2D eigenvalue weighted by Crippen LogP contribution is -2.49. The van der Waals surface area contributed by atoms with Crippen molar-refractivity contribution in [2.45, 2.75) is 11.8 Å². The van der Waals surface area contributed by atoms with Crippen molar-refractivity contribution in [3.8, 4) is 0 Å². The van der Waals surface area contributed by atoms with Crippen molar-refractivity contribution in [2.75, 3.05) is 36.4 Å². The van der Waals surface area contributed by atoms with E-state index in [0.717, 1.165) is 11.6 Å². The van der Waals surface area contributed by atoms with E-state index in [4.69, 9.17) is 23.8 Å². The standard InChI is InChI=1S/C25H24ClFN4O3S2/c1-17-8-10-20(11-9-17)36(33,34)31-14-12-30(13-15-31)23-21(26)6-3-7-22(23)28-25(35)29-24(32)18-4-2-5-19(27)16-18/h2-11,16H,12-15H2,1H3,(H2,28,29,32,35). The van der Waals surface area contributed by atoms with E-state index >= 15 is 0 Å². The number of para-hydroxylation sites is 1. The molecule has 0 spiro atoms. The van der Waals surface area contributed by atoms with Crippen LogP contribution in [0.15, 0.2) is 71.6 Å². The molecule has 0 atom stereocenters. The van der Waals surface area contributed by atoms with Crippen molar-refractivity contribution in [2.24, 2.45) is 0 Å². The molecule has 1 aliphatic heterocycles. The normalized spacial score (nSPS) is 14.4. The summed E-state index contributed by atoms with van der Waals surface area (Å²) in [6.07, 6.45) is 0. The van der Waals surface area contributed by atoms with Gasteiger partial charge in [0.05, 0.1) is 21.3 Å². The molecule has 1 saturated heterocycles. The summed E-state index contributed by atoms with van der Waals surface area (Å²) in [5.74, 6) is -1.08. The summed E-state index contributed by atoms with van der Waals surface area (Å²) in [6, 6.07) is 17.3. The predicted octanol–water partition coefficient (Wildman–Crippen LogP) is 4.43. The first-order valence-electron chi connectivity index (χ1n) is 11.1. The van der Waals surface area contributed by atoms with Crippen LogP contribution in [-0.2, 0) is 10.0 Å². The van der Waals surface area contributed by atoms with Gasteiger partial charge in [-0.25, -0.2) is 12.8 Å². The summed E-state index contributed by atoms with van der Waals surface area (Å²) in [6.45, 7) is 3.28. The van der Waals surface area contributed by atoms with Crippen LogP contribution < -0.4 is 15.5 Å². The number of sulfonamides is 1. The van der Waals surface area contributed by atoms with Gasteiger partial charge in [-0.1, -0.05) is 41.4 Å². The second-order valence-corrected chi connectivity index (χ2v) is 11.0. The van der Waals surface area contributed by atoms with E-state index in [-0.39, 0.29) is 28.7 Å². The van der Waals surface area contributed by atoms with E-state index in [0.29, 0.717) is 29.5 Å². The third-order valence-electron chi connectivity index (χ3n) is 5.76. The Balaban J connectivity index is 1.45. The number of rotatable bonds is 5. The topological polar surface area (TPSA) is 81.8 Å². The fraction of sp³-hybridized carbons (Fsp3) is 0.200. The number of hydrogen-bond donors (Lipinski definition) is 2. The van der Waals surface area contributed by atoms with Crippen LogP contribution in [0.3, 0.4) is 0 Å². The molecule has 3 aromatic carbocycles. The van der Waals surface area contributed by atoms with Gasteiger partial charge >= 0.3 is 0 Å². The molecular weight excluding hydrogens is 523 g/mol. The molecule has 1 amide bonds. The first-order valence-corrected chi connectivity index (χ1v) is 13.4. The quantitative estimate of drug-likeness (QED) is 0.461. The van der Waals surface area contributed by atoms with Crippen molar-refractivity contribution in [1.29, 1.82) is 0 Å². The van der Waals surface area contributed by atoms with Crippen LogP contribution in [0.4, 0.5) is 15.8 Å². The highest BCUT2D eigenvalue weighted by Gasteiger charge is 2.30. The monoisotopic (exact) mass is 546 g/mol. The number of nitrogens with one attached hydrogen (secondary N) is 2. The lowest BCUT2D eigenvalue weighted by molar-refractivity contribution is 0.0977. The van der Waals surface area contributed by atoms with Crippen LogP contribution in [0, 0.1) is 12.7 Å². The van der Waals surface area contributed by atoms with Gasteiger partial charge in [-0.2, -0.15) is 4.31 Å². The van der Waals surface area contributed by atoms with E-state index in [1.165, 1.54) is 22.5 Å². The van der Waals surface area contributed by atoms with E-state index in [1.54, 1.807) is 42.5 Å². The fourth-order valence-electron chi connectivity index (χ4n) is 3.91. The lowest BCUT2D eigenvalue weighted by atomic mass is 10.2. The average Bonchev–Trinajstić information content (AvgIpc) is 2.84. The number of benzene rings is 3. The van der Waals surface area contributed by atoms with Gasteiger partial charge in [0.25, 0.3) is 5.91 Å². The minimum atomic E-state index is -3.60. The summed E-state index contributed by atoms with van der Waals surface area (Å²) < 4.78 is 41.0. The molecule has 0 saturated carbocycles. The Kier molecular flexibility index (Phi) is 7.89. The number of hydrogen-bond acceptors (Lipinski definition) is 5. The summed E-state index contributed by atoms with van der Waals surface area (Å²) in [4.78, 5) is 14.7. The van der Waals surface area contributed by atoms with Gasteiger partial charge < -0.3 is 10.2 Å². The first-order chi connectivity index (χ1) is 17.1. The van der Waals surface area contributed by atoms with Crippen LogP contribution in [0.5, 0.6) is 0 Å². The second kappa shape index (κ2) is 10.9. The number of carbonyl (C=O) groups is 1. The average molecular weight is 547 g/mol. The molecule has 1 fully saturated rings. The lowest BCUT2D eigenvalue weighted by Gasteiger charge is -2.36. The predicted molar refractivity (Wildman–Crippen MR) is 144 cm³/mol. The van der Waals surface area contributed by atoms with Gasteiger partial charge in [0, 0.05) is 31.7 Å². The first kappa shape index (κ1) is 26.0. The van der Waals surface area contributed by atoms with E-state index in [2.05, 4.69) is 10.6 Å². The molecule has 1 heterocycles. The molecule has 188 valence electrons. The zero-order valence-electron chi connectivity index (χ0n) is 19.4. The maximum atomic E-state index is 13.4. The molecule has 2 N–H and O–H groups in total. The number of anilines is 2. The third kappa shape index (κ3) is 5.84. The summed E-state index contributed by atoms with van der Waals surface area (Å²) in [5, 5.41) is 5.99. The Bertz CT molecular complexity index is 1390. The number of amides is 1. The Hall–Kier alpha value is -3.05. The molecule has 0 radical (unpaired) electrons. The molecular formula is C25H24ClFN4O3S2. The molecule has 7 nitrogen and oxygen atoms in total. The Morgan fingerprint density at radius 2 is 1.67 bits per heavy atom. The zero-order chi connectivity index (χ0) is 25.9. The minimum absolute atomic E-state index is 0.0216. The molecule has 1 aliphatic rings. The Labute approximate surface area is 219 Å². The molecule has 4 rings (SSSR count). The minimum Gasteiger partial charge on any atom is -0.366 e. The van der Waals surface area contributed by atoms with E-state index in [9.17, 15) is 17.6 Å². The van der Waals surface area contributed by atoms with Crippen molar-refractivity contribution >= 4 is 56.2 Å². The summed E-state index contributed by atoms with van der Waals surface area (Å²) >= 11 is 11.8. The summed E-state index contributed by atoms with van der Waals surface area (Å²) in [5.41, 5.74) is 2.33. The van der Waals surface area contributed by atoms with Crippen molar-refractivity contribution < 1.29 is 17.6 Å². The number of thiocarbonyl (C=S) groups is 1. The largest absolute Gasteiger partial charge is 0.366 e. The van der Waals surface area contributed by atoms with Crippen molar-refractivity contribution in [3.05, 3.63) is 88.7 Å². The third-order valence-corrected chi connectivity index (χ3v) is 8.18.